The van der Waals surface area contributed by atoms with Crippen LogP contribution in [0.5, 0.6) is 5.75 Å². The van der Waals surface area contributed by atoms with E-state index in [1.165, 1.54) is 0 Å². The average Bonchev–Trinajstić information content (AvgIpc) is 3.62. The summed E-state index contributed by atoms with van der Waals surface area (Å²) in [5.74, 6) is 0.714. The van der Waals surface area contributed by atoms with Gasteiger partial charge in [-0.3, -0.25) is 9.59 Å². The van der Waals surface area contributed by atoms with Crippen molar-refractivity contribution in [3.05, 3.63) is 64.1 Å². The highest BCUT2D eigenvalue weighted by Gasteiger charge is 2.51. The van der Waals surface area contributed by atoms with Gasteiger partial charge in [0.05, 0.1) is 5.41 Å². The third-order valence-electron chi connectivity index (χ3n) is 5.50. The highest BCUT2D eigenvalue weighted by Crippen LogP contribution is 2.48. The van der Waals surface area contributed by atoms with Crippen molar-refractivity contribution in [3.8, 4) is 5.75 Å². The molecule has 0 spiro atoms. The van der Waals surface area contributed by atoms with E-state index in [4.69, 9.17) is 4.74 Å². The molecule has 0 unspecified atom stereocenters. The molecule has 0 saturated heterocycles. The second-order valence-electron chi connectivity index (χ2n) is 7.87. The number of rotatable bonds is 9. The summed E-state index contributed by atoms with van der Waals surface area (Å²) >= 11 is 3.49. The number of halogens is 1. The molecule has 6 heteroatoms. The number of amides is 2. The fourth-order valence-corrected chi connectivity index (χ4v) is 3.85. The number of nitrogens with one attached hydrogen (secondary N) is 2. The summed E-state index contributed by atoms with van der Waals surface area (Å²) < 4.78 is 6.52. The molecular weight excluding hydrogens is 432 g/mol. The van der Waals surface area contributed by atoms with Crippen molar-refractivity contribution in [1.29, 1.82) is 0 Å². The molecule has 0 aromatic heterocycles. The molecule has 152 valence electrons. The van der Waals surface area contributed by atoms with Gasteiger partial charge in [0.1, 0.15) is 5.75 Å². The molecule has 2 aromatic carbocycles. The van der Waals surface area contributed by atoms with Crippen LogP contribution in [0.15, 0.2) is 53.0 Å². The monoisotopic (exact) mass is 456 g/mol. The Kier molecular flexibility index (Phi) is 5.90. The van der Waals surface area contributed by atoms with Crippen LogP contribution in [-0.4, -0.2) is 31.0 Å². The van der Waals surface area contributed by atoms with E-state index in [0.29, 0.717) is 18.3 Å². The van der Waals surface area contributed by atoms with Gasteiger partial charge in [0.25, 0.3) is 5.91 Å². The molecule has 0 heterocycles. The van der Waals surface area contributed by atoms with Crippen LogP contribution in [0.25, 0.3) is 0 Å². The van der Waals surface area contributed by atoms with Crippen LogP contribution in [0, 0.1) is 0 Å². The van der Waals surface area contributed by atoms with Gasteiger partial charge in [-0.25, -0.2) is 0 Å². The molecule has 0 aliphatic heterocycles. The molecule has 5 nitrogen and oxygen atoms in total. The van der Waals surface area contributed by atoms with E-state index in [9.17, 15) is 9.59 Å². The Morgan fingerprint density at radius 2 is 1.86 bits per heavy atom. The first-order valence-corrected chi connectivity index (χ1v) is 10.9. The van der Waals surface area contributed by atoms with E-state index < -0.39 is 0 Å². The normalized spacial score (nSPS) is 16.7. The maximum Gasteiger partial charge on any atom is 0.258 e. The Hall–Kier alpha value is -2.34. The lowest BCUT2D eigenvalue weighted by Crippen LogP contribution is -2.35. The van der Waals surface area contributed by atoms with Gasteiger partial charge in [-0.15, -0.1) is 0 Å². The summed E-state index contributed by atoms with van der Waals surface area (Å²) in [4.78, 5) is 24.4. The maximum atomic E-state index is 12.7. The van der Waals surface area contributed by atoms with E-state index in [-0.39, 0.29) is 23.8 Å². The van der Waals surface area contributed by atoms with E-state index >= 15 is 0 Å². The second kappa shape index (κ2) is 8.57. The van der Waals surface area contributed by atoms with Crippen LogP contribution in [0.4, 0.5) is 0 Å². The van der Waals surface area contributed by atoms with Crippen LogP contribution in [0.3, 0.4) is 0 Å². The Bertz CT molecular complexity index is 889. The number of carbonyl (C=O) groups excluding carboxylic acids is 2. The predicted molar refractivity (Wildman–Crippen MR) is 115 cm³/mol. The average molecular weight is 457 g/mol. The van der Waals surface area contributed by atoms with Crippen LogP contribution < -0.4 is 15.4 Å². The van der Waals surface area contributed by atoms with Crippen LogP contribution in [0.1, 0.15) is 36.8 Å². The first-order chi connectivity index (χ1) is 14.0. The smallest absolute Gasteiger partial charge is 0.258 e. The van der Waals surface area contributed by atoms with E-state index in [1.807, 2.05) is 48.5 Å². The molecule has 2 aliphatic rings. The van der Waals surface area contributed by atoms with Gasteiger partial charge in [0, 0.05) is 17.1 Å². The molecule has 2 fully saturated rings. The van der Waals surface area contributed by atoms with Gasteiger partial charge >= 0.3 is 0 Å². The van der Waals surface area contributed by atoms with Crippen LogP contribution in [0.2, 0.25) is 0 Å². The highest BCUT2D eigenvalue weighted by atomic mass is 79.9. The number of hydrogen-bond donors (Lipinski definition) is 2. The molecule has 29 heavy (non-hydrogen) atoms. The molecule has 4 rings (SSSR count). The van der Waals surface area contributed by atoms with Crippen molar-refractivity contribution in [2.45, 2.75) is 43.6 Å². The number of ether oxygens (including phenoxy) is 1. The molecular formula is C23H25BrN2O3. The zero-order valence-electron chi connectivity index (χ0n) is 16.2. The minimum atomic E-state index is -0.359. The van der Waals surface area contributed by atoms with Gasteiger partial charge in [-0.2, -0.15) is 0 Å². The van der Waals surface area contributed by atoms with Gasteiger partial charge in [0.15, 0.2) is 6.61 Å². The minimum Gasteiger partial charge on any atom is -0.484 e. The van der Waals surface area contributed by atoms with Crippen LogP contribution >= 0.6 is 15.9 Å². The fourth-order valence-electron chi connectivity index (χ4n) is 3.45. The number of benzene rings is 2. The third-order valence-corrected chi connectivity index (χ3v) is 5.99. The fraction of sp³-hybridized carbons (Fsp3) is 0.391. The predicted octanol–water partition coefficient (Wildman–Crippen LogP) is 3.50. The summed E-state index contributed by atoms with van der Waals surface area (Å²) in [6.07, 6.45) is 4.69. The molecule has 2 aromatic rings. The molecule has 2 aliphatic carbocycles. The Morgan fingerprint density at radius 1 is 1.10 bits per heavy atom. The summed E-state index contributed by atoms with van der Waals surface area (Å²) in [5.41, 5.74) is 1.84. The van der Waals surface area contributed by atoms with E-state index in [2.05, 4.69) is 26.6 Å². The molecule has 2 amide bonds. The Morgan fingerprint density at radius 3 is 2.52 bits per heavy atom. The van der Waals surface area contributed by atoms with Crippen LogP contribution in [-0.2, 0) is 21.4 Å². The second-order valence-corrected chi connectivity index (χ2v) is 8.79. The highest BCUT2D eigenvalue weighted by molar-refractivity contribution is 9.10. The van der Waals surface area contributed by atoms with Gasteiger partial charge < -0.3 is 15.4 Å². The van der Waals surface area contributed by atoms with Crippen molar-refractivity contribution < 1.29 is 14.3 Å². The lowest BCUT2D eigenvalue weighted by molar-refractivity contribution is -0.124. The lowest BCUT2D eigenvalue weighted by Gasteiger charge is -2.16. The SMILES string of the molecule is O=C(COc1ccc(CCNC(=O)C2(c3cccc(Br)c3)CC2)cc1)NC1CC1. The van der Waals surface area contributed by atoms with E-state index in [0.717, 1.165) is 47.7 Å². The first kappa shape index (κ1) is 20.0. The number of hydrogen-bond acceptors (Lipinski definition) is 3. The first-order valence-electron chi connectivity index (χ1n) is 10.1. The maximum absolute atomic E-state index is 12.7. The molecule has 0 atom stereocenters. The lowest BCUT2D eigenvalue weighted by atomic mass is 9.95. The zero-order valence-corrected chi connectivity index (χ0v) is 17.8. The standard InChI is InChI=1S/C23H25BrN2O3/c24-18-3-1-2-17(14-18)23(11-12-23)22(28)25-13-10-16-4-8-20(9-5-16)29-15-21(27)26-19-6-7-19/h1-5,8-9,14,19H,6-7,10-13,15H2,(H,25,28)(H,26,27). The Balaban J connectivity index is 1.22. The van der Waals surface area contributed by atoms with Crippen molar-refractivity contribution in [2.24, 2.45) is 0 Å². The summed E-state index contributed by atoms with van der Waals surface area (Å²) in [6, 6.07) is 16.1. The largest absolute Gasteiger partial charge is 0.484 e. The molecule has 0 bridgehead atoms. The van der Waals surface area contributed by atoms with Gasteiger partial charge in [0.2, 0.25) is 5.91 Å². The molecule has 0 radical (unpaired) electrons. The minimum absolute atomic E-state index is 0.0452. The molecule has 2 saturated carbocycles. The van der Waals surface area contributed by atoms with Gasteiger partial charge in [-0.1, -0.05) is 40.2 Å². The van der Waals surface area contributed by atoms with Gasteiger partial charge in [-0.05, 0) is 67.5 Å². The van der Waals surface area contributed by atoms with Crippen molar-refractivity contribution in [3.63, 3.8) is 0 Å². The van der Waals surface area contributed by atoms with E-state index in [1.54, 1.807) is 0 Å². The molecule has 2 N–H and O–H groups in total. The van der Waals surface area contributed by atoms with Crippen molar-refractivity contribution in [2.75, 3.05) is 13.2 Å². The van der Waals surface area contributed by atoms with Crippen molar-refractivity contribution >= 4 is 27.7 Å². The third kappa shape index (κ3) is 5.18. The topological polar surface area (TPSA) is 67.4 Å². The summed E-state index contributed by atoms with van der Waals surface area (Å²) in [5, 5.41) is 5.99. The quantitative estimate of drug-likeness (QED) is 0.606. The Labute approximate surface area is 179 Å². The number of carbonyl (C=O) groups is 2. The van der Waals surface area contributed by atoms with Crippen molar-refractivity contribution in [1.82, 2.24) is 10.6 Å². The summed E-state index contributed by atoms with van der Waals surface area (Å²) in [6.45, 7) is 0.641. The summed E-state index contributed by atoms with van der Waals surface area (Å²) in [7, 11) is 0. The zero-order chi connectivity index (χ0) is 20.3.